The van der Waals surface area contributed by atoms with E-state index in [-0.39, 0.29) is 17.8 Å². The molecule has 0 aliphatic rings. The summed E-state index contributed by atoms with van der Waals surface area (Å²) in [5.74, 6) is -0.471. The number of hydrogen-bond acceptors (Lipinski definition) is 2. The van der Waals surface area contributed by atoms with Gasteiger partial charge in [0, 0.05) is 25.3 Å². The second-order valence-corrected chi connectivity index (χ2v) is 4.93. The summed E-state index contributed by atoms with van der Waals surface area (Å²) in [6.07, 6.45) is 1.75. The first kappa shape index (κ1) is 16.6. The molecule has 0 radical (unpaired) electrons. The van der Waals surface area contributed by atoms with Gasteiger partial charge in [-0.15, -0.1) is 0 Å². The van der Waals surface area contributed by atoms with Gasteiger partial charge in [0.25, 0.3) is 5.91 Å². The number of nitrogens with zero attached hydrogens (tertiary/aromatic N) is 1. The summed E-state index contributed by atoms with van der Waals surface area (Å²) in [6.45, 7) is 6.80. The van der Waals surface area contributed by atoms with Crippen molar-refractivity contribution in [3.05, 3.63) is 35.1 Å². The molecule has 0 aliphatic heterocycles. The molecule has 0 fully saturated rings. The molecule has 4 heteroatoms. The zero-order valence-electron chi connectivity index (χ0n) is 12.8. The first-order valence-electron chi connectivity index (χ1n) is 7.11. The van der Waals surface area contributed by atoms with Gasteiger partial charge in [-0.25, -0.2) is 4.39 Å². The van der Waals surface area contributed by atoms with Crippen LogP contribution in [-0.2, 0) is 4.74 Å². The van der Waals surface area contributed by atoms with Crippen molar-refractivity contribution in [1.82, 2.24) is 4.90 Å². The average molecular weight is 281 g/mol. The van der Waals surface area contributed by atoms with Gasteiger partial charge in [0.15, 0.2) is 0 Å². The van der Waals surface area contributed by atoms with Crippen molar-refractivity contribution >= 4 is 5.91 Å². The van der Waals surface area contributed by atoms with Crippen LogP contribution in [0.25, 0.3) is 0 Å². The minimum atomic E-state index is -0.341. The van der Waals surface area contributed by atoms with Crippen molar-refractivity contribution in [3.8, 4) is 0 Å². The third kappa shape index (κ3) is 4.04. The number of hydrogen-bond donors (Lipinski definition) is 0. The number of carbonyl (C=O) groups excluding carboxylic acids is 1. The van der Waals surface area contributed by atoms with E-state index in [1.807, 2.05) is 0 Å². The van der Waals surface area contributed by atoms with Gasteiger partial charge in [0.05, 0.1) is 6.61 Å². The molecular weight excluding hydrogens is 257 g/mol. The van der Waals surface area contributed by atoms with Crippen molar-refractivity contribution in [2.75, 3.05) is 20.3 Å². The molecule has 0 saturated carbocycles. The van der Waals surface area contributed by atoms with Crippen molar-refractivity contribution in [2.45, 2.75) is 39.7 Å². The van der Waals surface area contributed by atoms with Gasteiger partial charge in [-0.3, -0.25) is 4.79 Å². The summed E-state index contributed by atoms with van der Waals surface area (Å²) in [5, 5.41) is 0. The molecule has 0 unspecified atom stereocenters. The Kier molecular flexibility index (Phi) is 6.65. The molecule has 0 saturated heterocycles. The van der Waals surface area contributed by atoms with E-state index in [4.69, 9.17) is 4.74 Å². The first-order valence-corrected chi connectivity index (χ1v) is 7.11. The number of carbonyl (C=O) groups is 1. The maximum atomic E-state index is 13.6. The molecule has 0 atom stereocenters. The number of halogens is 1. The molecule has 1 aromatic rings. The topological polar surface area (TPSA) is 29.5 Å². The highest BCUT2D eigenvalue weighted by molar-refractivity contribution is 5.94. The van der Waals surface area contributed by atoms with E-state index in [9.17, 15) is 9.18 Å². The lowest BCUT2D eigenvalue weighted by Crippen LogP contribution is -2.41. The van der Waals surface area contributed by atoms with Crippen molar-refractivity contribution in [2.24, 2.45) is 0 Å². The van der Waals surface area contributed by atoms with E-state index in [1.165, 1.54) is 6.07 Å². The fourth-order valence-electron chi connectivity index (χ4n) is 2.26. The molecule has 1 aromatic carbocycles. The van der Waals surface area contributed by atoms with Gasteiger partial charge in [-0.2, -0.15) is 0 Å². The van der Waals surface area contributed by atoms with E-state index >= 15 is 0 Å². The fourth-order valence-corrected chi connectivity index (χ4v) is 2.26. The standard InChI is InChI=1S/C16H24FNO2/c1-5-14(6-2)18(9-10-20-4)16(19)13-8-7-12(3)15(17)11-13/h7-8,11,14H,5-6,9-10H2,1-4H3. The van der Waals surface area contributed by atoms with E-state index in [0.717, 1.165) is 12.8 Å². The van der Waals surface area contributed by atoms with Crippen LogP contribution in [0.1, 0.15) is 42.6 Å². The molecule has 3 nitrogen and oxygen atoms in total. The molecule has 0 N–H and O–H groups in total. The molecular formula is C16H24FNO2. The van der Waals surface area contributed by atoms with Crippen molar-refractivity contribution < 1.29 is 13.9 Å². The number of amides is 1. The Hall–Kier alpha value is -1.42. The van der Waals surface area contributed by atoms with Crippen LogP contribution in [0.5, 0.6) is 0 Å². The normalized spacial score (nSPS) is 10.9. The minimum absolute atomic E-state index is 0.130. The van der Waals surface area contributed by atoms with Gasteiger partial charge in [-0.1, -0.05) is 19.9 Å². The Labute approximate surface area is 120 Å². The zero-order valence-corrected chi connectivity index (χ0v) is 12.8. The van der Waals surface area contributed by atoms with Crippen LogP contribution in [0.15, 0.2) is 18.2 Å². The van der Waals surface area contributed by atoms with Gasteiger partial charge >= 0.3 is 0 Å². The van der Waals surface area contributed by atoms with Crippen LogP contribution < -0.4 is 0 Å². The Bertz CT molecular complexity index is 444. The maximum Gasteiger partial charge on any atom is 0.254 e. The number of aryl methyl sites for hydroxylation is 1. The predicted molar refractivity (Wildman–Crippen MR) is 78.4 cm³/mol. The van der Waals surface area contributed by atoms with Crippen LogP contribution in [0, 0.1) is 12.7 Å². The van der Waals surface area contributed by atoms with Gasteiger partial charge in [0.2, 0.25) is 0 Å². The largest absolute Gasteiger partial charge is 0.383 e. The lowest BCUT2D eigenvalue weighted by atomic mass is 10.1. The van der Waals surface area contributed by atoms with E-state index < -0.39 is 0 Å². The lowest BCUT2D eigenvalue weighted by molar-refractivity contribution is 0.0589. The molecule has 20 heavy (non-hydrogen) atoms. The summed E-state index contributed by atoms with van der Waals surface area (Å²) in [7, 11) is 1.61. The lowest BCUT2D eigenvalue weighted by Gasteiger charge is -2.30. The number of methoxy groups -OCH3 is 1. The van der Waals surface area contributed by atoms with Gasteiger partial charge in [0.1, 0.15) is 5.82 Å². The number of ether oxygens (including phenoxy) is 1. The quantitative estimate of drug-likeness (QED) is 0.766. The highest BCUT2D eigenvalue weighted by atomic mass is 19.1. The SMILES string of the molecule is CCC(CC)N(CCOC)C(=O)c1ccc(C)c(F)c1. The summed E-state index contributed by atoms with van der Waals surface area (Å²) < 4.78 is 18.7. The Morgan fingerprint density at radius 3 is 2.50 bits per heavy atom. The second-order valence-electron chi connectivity index (χ2n) is 4.93. The zero-order chi connectivity index (χ0) is 15.1. The molecule has 0 aliphatic carbocycles. The van der Waals surface area contributed by atoms with E-state index in [2.05, 4.69) is 13.8 Å². The second kappa shape index (κ2) is 8.00. The monoisotopic (exact) mass is 281 g/mol. The van der Waals surface area contributed by atoms with Crippen LogP contribution in [0.3, 0.4) is 0 Å². The van der Waals surface area contributed by atoms with Gasteiger partial charge in [-0.05, 0) is 37.5 Å². The summed E-state index contributed by atoms with van der Waals surface area (Å²) in [6, 6.07) is 4.80. The van der Waals surface area contributed by atoms with Gasteiger partial charge < -0.3 is 9.64 Å². The van der Waals surface area contributed by atoms with Crippen LogP contribution in [0.2, 0.25) is 0 Å². The summed E-state index contributed by atoms with van der Waals surface area (Å²) >= 11 is 0. The minimum Gasteiger partial charge on any atom is -0.383 e. The predicted octanol–water partition coefficient (Wildman–Crippen LogP) is 3.41. The molecule has 0 bridgehead atoms. The summed E-state index contributed by atoms with van der Waals surface area (Å²) in [5.41, 5.74) is 0.948. The third-order valence-electron chi connectivity index (χ3n) is 3.60. The highest BCUT2D eigenvalue weighted by Gasteiger charge is 2.22. The molecule has 112 valence electrons. The van der Waals surface area contributed by atoms with E-state index in [1.54, 1.807) is 31.1 Å². The van der Waals surface area contributed by atoms with Crippen LogP contribution >= 0.6 is 0 Å². The average Bonchev–Trinajstić information content (AvgIpc) is 2.45. The first-order chi connectivity index (χ1) is 9.54. The fraction of sp³-hybridized carbons (Fsp3) is 0.562. The highest BCUT2D eigenvalue weighted by Crippen LogP contribution is 2.16. The Balaban J connectivity index is 2.99. The molecule has 1 rings (SSSR count). The summed E-state index contributed by atoms with van der Waals surface area (Å²) in [4.78, 5) is 14.4. The molecule has 0 spiro atoms. The third-order valence-corrected chi connectivity index (χ3v) is 3.60. The number of rotatable bonds is 7. The molecule has 0 aromatic heterocycles. The Morgan fingerprint density at radius 2 is 2.00 bits per heavy atom. The van der Waals surface area contributed by atoms with Crippen molar-refractivity contribution in [1.29, 1.82) is 0 Å². The van der Waals surface area contributed by atoms with E-state index in [0.29, 0.717) is 24.3 Å². The maximum absolute atomic E-state index is 13.6. The van der Waals surface area contributed by atoms with Crippen LogP contribution in [-0.4, -0.2) is 37.1 Å². The smallest absolute Gasteiger partial charge is 0.254 e. The molecule has 1 amide bonds. The van der Waals surface area contributed by atoms with Crippen LogP contribution in [0.4, 0.5) is 4.39 Å². The molecule has 0 heterocycles. The Morgan fingerprint density at radius 1 is 1.35 bits per heavy atom. The number of benzene rings is 1. The van der Waals surface area contributed by atoms with Crippen molar-refractivity contribution in [3.63, 3.8) is 0 Å².